The largest absolute Gasteiger partial charge is 0.399 e. The molecule has 1 atom stereocenters. The van der Waals surface area contributed by atoms with Crippen molar-refractivity contribution in [3.8, 4) is 0 Å². The van der Waals surface area contributed by atoms with Gasteiger partial charge in [-0.25, -0.2) is 0 Å². The topological polar surface area (TPSA) is 21.6 Å². The number of nitrogens with zero attached hydrogens (tertiary/aromatic N) is 1. The normalized spacial score (nSPS) is 33.0. The Balaban J connectivity index is 2.96. The molecule has 0 aromatic heterocycles. The van der Waals surface area contributed by atoms with Crippen molar-refractivity contribution in [1.29, 1.82) is 0 Å². The van der Waals surface area contributed by atoms with Crippen LogP contribution in [0.3, 0.4) is 0 Å². The van der Waals surface area contributed by atoms with E-state index in [1.54, 1.807) is 7.11 Å². The van der Waals surface area contributed by atoms with Crippen LogP contribution in [0.15, 0.2) is 5.16 Å². The average molecular weight is 197 g/mol. The summed E-state index contributed by atoms with van der Waals surface area (Å²) in [4.78, 5) is 4.92. The van der Waals surface area contributed by atoms with Gasteiger partial charge < -0.3 is 4.84 Å². The number of rotatable bonds is 1. The third-order valence-electron chi connectivity index (χ3n) is 4.21. The van der Waals surface area contributed by atoms with E-state index in [1.807, 2.05) is 0 Å². The molecule has 1 rings (SSSR count). The molecule has 0 aromatic rings. The van der Waals surface area contributed by atoms with Gasteiger partial charge >= 0.3 is 0 Å². The van der Waals surface area contributed by atoms with Gasteiger partial charge in [-0.2, -0.15) is 0 Å². The molecule has 1 unspecified atom stereocenters. The fourth-order valence-corrected chi connectivity index (χ4v) is 2.48. The van der Waals surface area contributed by atoms with Crippen molar-refractivity contribution in [3.05, 3.63) is 0 Å². The maximum atomic E-state index is 4.92. The van der Waals surface area contributed by atoms with E-state index in [1.165, 1.54) is 12.1 Å². The fraction of sp³-hybridized carbons (Fsp3) is 0.917. The molecule has 2 heteroatoms. The summed E-state index contributed by atoms with van der Waals surface area (Å²) in [6.45, 7) is 11.6. The summed E-state index contributed by atoms with van der Waals surface area (Å²) in [6, 6.07) is 0. The van der Waals surface area contributed by atoms with Gasteiger partial charge in [-0.1, -0.05) is 39.8 Å². The zero-order valence-electron chi connectivity index (χ0n) is 10.3. The highest BCUT2D eigenvalue weighted by Crippen LogP contribution is 2.49. The van der Waals surface area contributed by atoms with Gasteiger partial charge in [-0.15, -0.1) is 0 Å². The molecule has 0 amide bonds. The third kappa shape index (κ3) is 1.79. The quantitative estimate of drug-likeness (QED) is 0.590. The van der Waals surface area contributed by atoms with Crippen LogP contribution >= 0.6 is 0 Å². The predicted octanol–water partition coefficient (Wildman–Crippen LogP) is 3.47. The molecule has 0 aliphatic heterocycles. The highest BCUT2D eigenvalue weighted by molar-refractivity contribution is 5.90. The third-order valence-corrected chi connectivity index (χ3v) is 4.21. The summed E-state index contributed by atoms with van der Waals surface area (Å²) in [5, 5.41) is 4.17. The van der Waals surface area contributed by atoms with E-state index in [4.69, 9.17) is 4.84 Å². The second kappa shape index (κ2) is 3.56. The molecule has 2 nitrogen and oxygen atoms in total. The second-order valence-corrected chi connectivity index (χ2v) is 5.65. The summed E-state index contributed by atoms with van der Waals surface area (Å²) in [5.41, 5.74) is 1.79. The van der Waals surface area contributed by atoms with Crippen LogP contribution in [-0.2, 0) is 4.84 Å². The highest BCUT2D eigenvalue weighted by Gasteiger charge is 2.45. The lowest BCUT2D eigenvalue weighted by Crippen LogP contribution is -2.44. The average Bonchev–Trinajstić information content (AvgIpc) is 2.08. The number of hydrogen-bond acceptors (Lipinski definition) is 2. The Hall–Kier alpha value is -0.530. The van der Waals surface area contributed by atoms with Gasteiger partial charge in [-0.05, 0) is 24.2 Å². The molecule has 1 saturated carbocycles. The summed E-state index contributed by atoms with van der Waals surface area (Å²) in [7, 11) is 1.63. The van der Waals surface area contributed by atoms with Crippen molar-refractivity contribution >= 4 is 5.71 Å². The van der Waals surface area contributed by atoms with Crippen molar-refractivity contribution in [2.45, 2.75) is 47.5 Å². The molecular weight excluding hydrogens is 174 g/mol. The molecule has 1 fully saturated rings. The Morgan fingerprint density at radius 2 is 1.86 bits per heavy atom. The number of oxime groups is 1. The maximum absolute atomic E-state index is 4.92. The van der Waals surface area contributed by atoms with Crippen LogP contribution in [0.1, 0.15) is 47.5 Å². The van der Waals surface area contributed by atoms with Gasteiger partial charge in [0.15, 0.2) is 0 Å². The molecule has 0 saturated heterocycles. The Labute approximate surface area is 87.7 Å². The van der Waals surface area contributed by atoms with Gasteiger partial charge in [0.2, 0.25) is 0 Å². The van der Waals surface area contributed by atoms with Crippen LogP contribution < -0.4 is 0 Å². The Morgan fingerprint density at radius 3 is 2.36 bits per heavy atom. The standard InChI is InChI=1S/C12H23NO/c1-9-11(2,3)8-7-10(13-14-6)12(9,4)5/h9H,7-8H2,1-6H3/b13-10+. The van der Waals surface area contributed by atoms with Gasteiger partial charge in [0.1, 0.15) is 7.11 Å². The smallest absolute Gasteiger partial charge is 0.106 e. The SMILES string of the molecule is CO/N=C1\CCC(C)(C)C(C)C1(C)C. The van der Waals surface area contributed by atoms with E-state index >= 15 is 0 Å². The lowest BCUT2D eigenvalue weighted by Gasteiger charge is -2.47. The van der Waals surface area contributed by atoms with Crippen molar-refractivity contribution in [3.63, 3.8) is 0 Å². The molecule has 0 spiro atoms. The molecule has 0 bridgehead atoms. The van der Waals surface area contributed by atoms with Crippen molar-refractivity contribution in [2.75, 3.05) is 7.11 Å². The monoisotopic (exact) mass is 197 g/mol. The minimum atomic E-state index is 0.164. The lowest BCUT2D eigenvalue weighted by atomic mass is 9.57. The summed E-state index contributed by atoms with van der Waals surface area (Å²) in [6.07, 6.45) is 2.28. The van der Waals surface area contributed by atoms with E-state index in [-0.39, 0.29) is 5.41 Å². The maximum Gasteiger partial charge on any atom is 0.106 e. The first-order chi connectivity index (χ1) is 6.32. The Bertz CT molecular complexity index is 241. The lowest BCUT2D eigenvalue weighted by molar-refractivity contribution is 0.0990. The molecule has 14 heavy (non-hydrogen) atoms. The molecule has 0 aromatic carbocycles. The molecule has 0 heterocycles. The van der Waals surface area contributed by atoms with Gasteiger partial charge in [0.05, 0.1) is 5.71 Å². The Kier molecular flexibility index (Phi) is 2.93. The molecule has 1 aliphatic rings. The molecule has 82 valence electrons. The van der Waals surface area contributed by atoms with Crippen LogP contribution in [0.4, 0.5) is 0 Å². The van der Waals surface area contributed by atoms with E-state index in [9.17, 15) is 0 Å². The van der Waals surface area contributed by atoms with E-state index in [0.717, 1.165) is 6.42 Å². The van der Waals surface area contributed by atoms with Gasteiger partial charge in [0.25, 0.3) is 0 Å². The summed E-state index contributed by atoms with van der Waals surface area (Å²) < 4.78 is 0. The van der Waals surface area contributed by atoms with Crippen LogP contribution in [0.2, 0.25) is 0 Å². The molecule has 0 radical (unpaired) electrons. The molecule has 1 aliphatic carbocycles. The van der Waals surface area contributed by atoms with Gasteiger partial charge in [0, 0.05) is 5.41 Å². The fourth-order valence-electron chi connectivity index (χ4n) is 2.48. The second-order valence-electron chi connectivity index (χ2n) is 5.65. The predicted molar refractivity (Wildman–Crippen MR) is 60.4 cm³/mol. The van der Waals surface area contributed by atoms with E-state index in [0.29, 0.717) is 11.3 Å². The number of hydrogen-bond donors (Lipinski definition) is 0. The zero-order chi connectivity index (χ0) is 11.0. The summed E-state index contributed by atoms with van der Waals surface area (Å²) >= 11 is 0. The minimum absolute atomic E-state index is 0.164. The molecule has 0 N–H and O–H groups in total. The minimum Gasteiger partial charge on any atom is -0.399 e. The Morgan fingerprint density at radius 1 is 1.29 bits per heavy atom. The zero-order valence-corrected chi connectivity index (χ0v) is 10.3. The van der Waals surface area contributed by atoms with E-state index < -0.39 is 0 Å². The van der Waals surface area contributed by atoms with Gasteiger partial charge in [-0.3, -0.25) is 0 Å². The first-order valence-corrected chi connectivity index (χ1v) is 5.43. The van der Waals surface area contributed by atoms with Crippen molar-refractivity contribution < 1.29 is 4.84 Å². The van der Waals surface area contributed by atoms with Crippen LogP contribution in [0.25, 0.3) is 0 Å². The first kappa shape index (κ1) is 11.5. The van der Waals surface area contributed by atoms with Crippen molar-refractivity contribution in [1.82, 2.24) is 0 Å². The first-order valence-electron chi connectivity index (χ1n) is 5.43. The van der Waals surface area contributed by atoms with Crippen LogP contribution in [0, 0.1) is 16.7 Å². The van der Waals surface area contributed by atoms with Crippen LogP contribution in [0.5, 0.6) is 0 Å². The van der Waals surface area contributed by atoms with Crippen molar-refractivity contribution in [2.24, 2.45) is 21.9 Å². The highest BCUT2D eigenvalue weighted by atomic mass is 16.6. The van der Waals surface area contributed by atoms with E-state index in [2.05, 4.69) is 39.8 Å². The molecular formula is C12H23NO. The summed E-state index contributed by atoms with van der Waals surface area (Å²) in [5.74, 6) is 0.637. The van der Waals surface area contributed by atoms with Crippen LogP contribution in [-0.4, -0.2) is 12.8 Å².